The second kappa shape index (κ2) is 7.49. The minimum Gasteiger partial charge on any atom is -0.465 e. The van der Waals surface area contributed by atoms with Crippen molar-refractivity contribution < 1.29 is 19.2 Å². The molecule has 1 aliphatic rings. The lowest BCUT2D eigenvalue weighted by atomic mass is 10.00. The van der Waals surface area contributed by atoms with Crippen LogP contribution >= 0.6 is 0 Å². The van der Waals surface area contributed by atoms with Gasteiger partial charge in [-0.15, -0.1) is 0 Å². The summed E-state index contributed by atoms with van der Waals surface area (Å²) in [6.07, 6.45) is 0.996. The molecule has 2 aromatic carbocycles. The van der Waals surface area contributed by atoms with E-state index < -0.39 is 5.97 Å². The van der Waals surface area contributed by atoms with Crippen LogP contribution in [0.3, 0.4) is 0 Å². The van der Waals surface area contributed by atoms with Crippen LogP contribution in [0.2, 0.25) is 0 Å². The molecule has 25 heavy (non-hydrogen) atoms. The van der Waals surface area contributed by atoms with Crippen molar-refractivity contribution in [3.05, 3.63) is 64.7 Å². The molecule has 0 spiro atoms. The highest BCUT2D eigenvalue weighted by atomic mass is 16.5. The fourth-order valence-electron chi connectivity index (χ4n) is 3.22. The molecule has 130 valence electrons. The van der Waals surface area contributed by atoms with E-state index in [0.29, 0.717) is 17.8 Å². The molecule has 0 aromatic heterocycles. The highest BCUT2D eigenvalue weighted by Gasteiger charge is 2.21. The first-order valence-corrected chi connectivity index (χ1v) is 8.46. The lowest BCUT2D eigenvalue weighted by Gasteiger charge is -2.25. The fourth-order valence-corrected chi connectivity index (χ4v) is 3.22. The second-order valence-corrected chi connectivity index (χ2v) is 6.44. The van der Waals surface area contributed by atoms with Crippen molar-refractivity contribution in [2.45, 2.75) is 19.9 Å². The maximum Gasteiger partial charge on any atom is 0.337 e. The Hall–Kier alpha value is -2.66. The molecule has 1 atom stereocenters. The monoisotopic (exact) mass is 339 g/mol. The molecule has 1 amide bonds. The number of anilines is 1. The van der Waals surface area contributed by atoms with Crippen LogP contribution in [0.1, 0.15) is 27.0 Å². The molecular formula is C20H23N2O3+. The number of aryl methyl sites for hydroxylation is 1. The van der Waals surface area contributed by atoms with Gasteiger partial charge in [0.25, 0.3) is 5.91 Å². The molecule has 1 unspecified atom stereocenters. The first kappa shape index (κ1) is 17.2. The minimum atomic E-state index is -0.409. The van der Waals surface area contributed by atoms with Gasteiger partial charge < -0.3 is 15.0 Å². The first-order chi connectivity index (χ1) is 12.1. The molecule has 3 rings (SSSR count). The lowest BCUT2D eigenvalue weighted by molar-refractivity contribution is -0.907. The SMILES string of the molecule is COC(=O)c1ccc(C)c(NC(=O)C[NH+]2CCc3ccccc3C2)c1. The van der Waals surface area contributed by atoms with Gasteiger partial charge in [-0.2, -0.15) is 0 Å². The van der Waals surface area contributed by atoms with Crippen LogP contribution in [0, 0.1) is 6.92 Å². The lowest BCUT2D eigenvalue weighted by Crippen LogP contribution is -3.12. The van der Waals surface area contributed by atoms with Gasteiger partial charge in [-0.3, -0.25) is 4.79 Å². The van der Waals surface area contributed by atoms with Crippen LogP contribution in [0.5, 0.6) is 0 Å². The molecule has 0 saturated carbocycles. The zero-order valence-electron chi connectivity index (χ0n) is 14.6. The number of fused-ring (bicyclic) bond motifs is 1. The average molecular weight is 339 g/mol. The summed E-state index contributed by atoms with van der Waals surface area (Å²) in [5.41, 5.74) is 4.71. The maximum absolute atomic E-state index is 12.4. The van der Waals surface area contributed by atoms with E-state index in [1.165, 1.54) is 23.1 Å². The molecule has 5 heteroatoms. The average Bonchev–Trinajstić information content (AvgIpc) is 2.62. The van der Waals surface area contributed by atoms with Gasteiger partial charge in [0.15, 0.2) is 6.54 Å². The molecule has 0 radical (unpaired) electrons. The van der Waals surface area contributed by atoms with Crippen LogP contribution in [0.15, 0.2) is 42.5 Å². The topological polar surface area (TPSA) is 59.8 Å². The summed E-state index contributed by atoms with van der Waals surface area (Å²) < 4.78 is 4.74. The van der Waals surface area contributed by atoms with Crippen molar-refractivity contribution in [3.63, 3.8) is 0 Å². The standard InChI is InChI=1S/C20H22N2O3/c1-14-7-8-16(20(24)25-2)11-18(14)21-19(23)13-22-10-9-15-5-3-4-6-17(15)12-22/h3-8,11H,9-10,12-13H2,1-2H3,(H,21,23)/p+1. The zero-order valence-corrected chi connectivity index (χ0v) is 14.6. The number of ether oxygens (including phenoxy) is 1. The Labute approximate surface area is 147 Å². The van der Waals surface area contributed by atoms with Gasteiger partial charge in [-0.05, 0) is 30.2 Å². The van der Waals surface area contributed by atoms with Crippen molar-refractivity contribution in [3.8, 4) is 0 Å². The summed E-state index contributed by atoms with van der Waals surface area (Å²) in [7, 11) is 1.35. The van der Waals surface area contributed by atoms with Gasteiger partial charge in [0, 0.05) is 17.7 Å². The molecule has 2 aromatic rings. The van der Waals surface area contributed by atoms with Crippen molar-refractivity contribution in [2.75, 3.05) is 25.5 Å². The first-order valence-electron chi connectivity index (χ1n) is 8.46. The number of nitrogens with one attached hydrogen (secondary N) is 2. The van der Waals surface area contributed by atoms with Gasteiger partial charge in [0.1, 0.15) is 6.54 Å². The Morgan fingerprint density at radius 2 is 1.92 bits per heavy atom. The van der Waals surface area contributed by atoms with Crippen molar-refractivity contribution in [2.24, 2.45) is 0 Å². The van der Waals surface area contributed by atoms with Crippen molar-refractivity contribution >= 4 is 17.6 Å². The summed E-state index contributed by atoms with van der Waals surface area (Å²) in [4.78, 5) is 25.4. The van der Waals surface area contributed by atoms with Crippen LogP contribution < -0.4 is 10.2 Å². The number of carbonyl (C=O) groups excluding carboxylic acids is 2. The normalized spacial score (nSPS) is 16.0. The van der Waals surface area contributed by atoms with Crippen molar-refractivity contribution in [1.29, 1.82) is 0 Å². The summed E-state index contributed by atoms with van der Waals surface area (Å²) in [6, 6.07) is 13.6. The fraction of sp³-hybridized carbons (Fsp3) is 0.300. The molecule has 0 saturated heterocycles. The molecule has 0 fully saturated rings. The van der Waals surface area contributed by atoms with E-state index in [1.807, 2.05) is 19.1 Å². The Morgan fingerprint density at radius 3 is 2.68 bits per heavy atom. The maximum atomic E-state index is 12.4. The highest BCUT2D eigenvalue weighted by Crippen LogP contribution is 2.17. The molecule has 5 nitrogen and oxygen atoms in total. The Kier molecular flexibility index (Phi) is 5.14. The number of hydrogen-bond donors (Lipinski definition) is 2. The number of esters is 1. The smallest absolute Gasteiger partial charge is 0.337 e. The number of amides is 1. The van der Waals surface area contributed by atoms with E-state index in [4.69, 9.17) is 4.74 Å². The molecule has 1 aliphatic heterocycles. The zero-order chi connectivity index (χ0) is 17.8. The van der Waals surface area contributed by atoms with E-state index in [0.717, 1.165) is 25.1 Å². The van der Waals surface area contributed by atoms with E-state index >= 15 is 0 Å². The van der Waals surface area contributed by atoms with E-state index in [9.17, 15) is 9.59 Å². The minimum absolute atomic E-state index is 0.0421. The summed E-state index contributed by atoms with van der Waals surface area (Å²) in [6.45, 7) is 4.13. The largest absolute Gasteiger partial charge is 0.465 e. The molecule has 2 N–H and O–H groups in total. The van der Waals surface area contributed by atoms with Crippen LogP contribution in [-0.4, -0.2) is 32.1 Å². The number of methoxy groups -OCH3 is 1. The summed E-state index contributed by atoms with van der Waals surface area (Å²) in [5, 5.41) is 2.93. The van der Waals surface area contributed by atoms with Crippen LogP contribution in [0.25, 0.3) is 0 Å². The third-order valence-electron chi connectivity index (χ3n) is 4.65. The molecule has 1 heterocycles. The van der Waals surface area contributed by atoms with Crippen molar-refractivity contribution in [1.82, 2.24) is 0 Å². The molecule has 0 bridgehead atoms. The summed E-state index contributed by atoms with van der Waals surface area (Å²) >= 11 is 0. The third kappa shape index (κ3) is 4.06. The van der Waals surface area contributed by atoms with Crippen LogP contribution in [-0.2, 0) is 22.5 Å². The molecule has 0 aliphatic carbocycles. The van der Waals surface area contributed by atoms with Gasteiger partial charge in [-0.1, -0.05) is 30.3 Å². The number of benzene rings is 2. The Balaban J connectivity index is 1.64. The molecular weight excluding hydrogens is 316 g/mol. The summed E-state index contributed by atoms with van der Waals surface area (Å²) in [5.74, 6) is -0.451. The predicted octanol–water partition coefficient (Wildman–Crippen LogP) is 1.36. The van der Waals surface area contributed by atoms with E-state index in [-0.39, 0.29) is 5.91 Å². The predicted molar refractivity (Wildman–Crippen MR) is 95.7 cm³/mol. The van der Waals surface area contributed by atoms with Gasteiger partial charge in [0.05, 0.1) is 19.2 Å². The van der Waals surface area contributed by atoms with Gasteiger partial charge in [0.2, 0.25) is 0 Å². The highest BCUT2D eigenvalue weighted by molar-refractivity contribution is 5.95. The number of quaternary nitrogens is 1. The van der Waals surface area contributed by atoms with E-state index in [1.54, 1.807) is 12.1 Å². The van der Waals surface area contributed by atoms with E-state index in [2.05, 4.69) is 23.5 Å². The van der Waals surface area contributed by atoms with Crippen LogP contribution in [0.4, 0.5) is 5.69 Å². The number of rotatable bonds is 4. The third-order valence-corrected chi connectivity index (χ3v) is 4.65. The number of hydrogen-bond acceptors (Lipinski definition) is 3. The van der Waals surface area contributed by atoms with Gasteiger partial charge in [-0.25, -0.2) is 4.79 Å². The Morgan fingerprint density at radius 1 is 1.16 bits per heavy atom. The Bertz CT molecular complexity index is 801. The van der Waals surface area contributed by atoms with Gasteiger partial charge >= 0.3 is 5.97 Å². The quantitative estimate of drug-likeness (QED) is 0.827. The second-order valence-electron chi connectivity index (χ2n) is 6.44. The number of carbonyl (C=O) groups is 2.